The fourth-order valence-corrected chi connectivity index (χ4v) is 2.27. The third kappa shape index (κ3) is 5.08. The Bertz CT molecular complexity index is 957. The Morgan fingerprint density at radius 1 is 1.22 bits per heavy atom. The molecular weight excluding hydrogens is 372 g/mol. The predicted molar refractivity (Wildman–Crippen MR) is 96.8 cm³/mol. The van der Waals surface area contributed by atoms with Crippen molar-refractivity contribution in [2.45, 2.75) is 13.5 Å². The zero-order valence-electron chi connectivity index (χ0n) is 14.3. The lowest BCUT2D eigenvalue weighted by Crippen LogP contribution is -2.23. The number of carbonyl (C=O) groups excluding carboxylic acids is 2. The zero-order chi connectivity index (χ0) is 19.2. The number of nitrogens with one attached hydrogen (secondary N) is 1. The number of aromatic nitrogens is 5. The monoisotopic (exact) mass is 386 g/mol. The van der Waals surface area contributed by atoms with E-state index in [1.54, 1.807) is 12.1 Å². The molecule has 0 saturated heterocycles. The quantitative estimate of drug-likeness (QED) is 0.508. The lowest BCUT2D eigenvalue weighted by molar-refractivity contribution is -0.148. The molecule has 0 fully saturated rings. The van der Waals surface area contributed by atoms with Crippen molar-refractivity contribution in [3.8, 4) is 11.4 Å². The van der Waals surface area contributed by atoms with Gasteiger partial charge in [-0.1, -0.05) is 41.4 Å². The van der Waals surface area contributed by atoms with Crippen molar-refractivity contribution in [3.63, 3.8) is 0 Å². The van der Waals surface area contributed by atoms with Crippen molar-refractivity contribution in [2.75, 3.05) is 11.9 Å². The minimum absolute atomic E-state index is 0.146. The fourth-order valence-electron chi connectivity index (χ4n) is 2.10. The van der Waals surface area contributed by atoms with Crippen molar-refractivity contribution >= 4 is 29.2 Å². The summed E-state index contributed by atoms with van der Waals surface area (Å²) in [5.74, 6) is -0.813. The summed E-state index contributed by atoms with van der Waals surface area (Å²) in [5, 5.41) is 14.5. The first-order chi connectivity index (χ1) is 13.0. The van der Waals surface area contributed by atoms with Gasteiger partial charge in [-0.15, -0.1) is 10.2 Å². The maximum Gasteiger partial charge on any atom is 0.330 e. The van der Waals surface area contributed by atoms with Crippen LogP contribution >= 0.6 is 11.6 Å². The van der Waals surface area contributed by atoms with Gasteiger partial charge in [0.2, 0.25) is 5.82 Å². The number of esters is 1. The van der Waals surface area contributed by atoms with Crippen LogP contribution in [0.4, 0.5) is 5.69 Å². The van der Waals surface area contributed by atoms with Gasteiger partial charge in [0.1, 0.15) is 0 Å². The summed E-state index contributed by atoms with van der Waals surface area (Å²) in [6.45, 7) is 1.24. The standard InChI is InChI=1S/C17H15ClN6O3/c1-11-4-6-12(7-5-11)17-21-23-24(22-17)9-15(26)27-10-14(25)20-13-3-2-8-19-16(13)18/h2-8H,9-10H2,1H3,(H,20,25). The van der Waals surface area contributed by atoms with Gasteiger partial charge in [0.25, 0.3) is 5.91 Å². The third-order valence-electron chi connectivity index (χ3n) is 3.43. The molecule has 2 heterocycles. The Balaban J connectivity index is 1.50. The van der Waals surface area contributed by atoms with Crippen LogP contribution in [0.3, 0.4) is 0 Å². The predicted octanol–water partition coefficient (Wildman–Crippen LogP) is 1.88. The van der Waals surface area contributed by atoms with Gasteiger partial charge < -0.3 is 10.1 Å². The fraction of sp³-hybridized carbons (Fsp3) is 0.176. The number of aryl methyl sites for hydroxylation is 1. The lowest BCUT2D eigenvalue weighted by atomic mass is 10.1. The Labute approximate surface area is 159 Å². The topological polar surface area (TPSA) is 112 Å². The molecule has 1 N–H and O–H groups in total. The van der Waals surface area contributed by atoms with Crippen LogP contribution in [0.1, 0.15) is 5.56 Å². The van der Waals surface area contributed by atoms with Crippen LogP contribution in [-0.4, -0.2) is 43.7 Å². The van der Waals surface area contributed by atoms with Gasteiger partial charge in [-0.3, -0.25) is 4.79 Å². The number of hydrogen-bond acceptors (Lipinski definition) is 7. The SMILES string of the molecule is Cc1ccc(-c2nnn(CC(=O)OCC(=O)Nc3cccnc3Cl)n2)cc1. The second-order valence-electron chi connectivity index (χ2n) is 5.56. The number of benzene rings is 1. The van der Waals surface area contributed by atoms with E-state index in [2.05, 4.69) is 25.7 Å². The average Bonchev–Trinajstić information content (AvgIpc) is 3.11. The van der Waals surface area contributed by atoms with Gasteiger partial charge in [0, 0.05) is 11.8 Å². The zero-order valence-corrected chi connectivity index (χ0v) is 15.1. The first kappa shape index (κ1) is 18.5. The smallest absolute Gasteiger partial charge is 0.330 e. The maximum absolute atomic E-state index is 11.9. The summed E-state index contributed by atoms with van der Waals surface area (Å²) < 4.78 is 4.91. The molecule has 0 aliphatic carbocycles. The van der Waals surface area contributed by atoms with Crippen molar-refractivity contribution in [1.29, 1.82) is 0 Å². The van der Waals surface area contributed by atoms with Gasteiger partial charge in [0.15, 0.2) is 18.3 Å². The summed E-state index contributed by atoms with van der Waals surface area (Å²) in [7, 11) is 0. The van der Waals surface area contributed by atoms with Crippen molar-refractivity contribution < 1.29 is 14.3 Å². The molecule has 10 heteroatoms. The van der Waals surface area contributed by atoms with Gasteiger partial charge in [-0.2, -0.15) is 4.80 Å². The van der Waals surface area contributed by atoms with Crippen LogP contribution < -0.4 is 5.32 Å². The molecule has 27 heavy (non-hydrogen) atoms. The van der Waals surface area contributed by atoms with Crippen LogP contribution in [0.25, 0.3) is 11.4 Å². The first-order valence-corrected chi connectivity index (χ1v) is 8.30. The number of halogens is 1. The highest BCUT2D eigenvalue weighted by Gasteiger charge is 2.13. The molecule has 1 aromatic carbocycles. The second kappa shape index (κ2) is 8.37. The number of ether oxygens (including phenoxy) is 1. The van der Waals surface area contributed by atoms with E-state index < -0.39 is 18.5 Å². The number of amides is 1. The Hall–Kier alpha value is -3.33. The minimum atomic E-state index is -0.671. The number of rotatable bonds is 6. The summed E-state index contributed by atoms with van der Waals surface area (Å²) in [6, 6.07) is 10.8. The highest BCUT2D eigenvalue weighted by molar-refractivity contribution is 6.32. The Morgan fingerprint density at radius 3 is 2.74 bits per heavy atom. The number of nitrogens with zero attached hydrogens (tertiary/aromatic N) is 5. The highest BCUT2D eigenvalue weighted by Crippen LogP contribution is 2.17. The van der Waals surface area contributed by atoms with E-state index in [0.29, 0.717) is 11.5 Å². The molecule has 3 aromatic rings. The molecule has 0 spiro atoms. The number of carbonyl (C=O) groups is 2. The molecule has 0 atom stereocenters. The molecule has 0 bridgehead atoms. The second-order valence-corrected chi connectivity index (χ2v) is 5.92. The average molecular weight is 387 g/mol. The number of pyridine rings is 1. The van der Waals surface area contributed by atoms with E-state index in [1.165, 1.54) is 6.20 Å². The lowest BCUT2D eigenvalue weighted by Gasteiger charge is -2.07. The van der Waals surface area contributed by atoms with Crippen LogP contribution in [0.15, 0.2) is 42.6 Å². The van der Waals surface area contributed by atoms with Gasteiger partial charge in [-0.25, -0.2) is 9.78 Å². The normalized spacial score (nSPS) is 10.4. The third-order valence-corrected chi connectivity index (χ3v) is 3.73. The van der Waals surface area contributed by atoms with E-state index >= 15 is 0 Å². The maximum atomic E-state index is 11.9. The molecule has 0 aliphatic rings. The molecule has 0 aliphatic heterocycles. The van der Waals surface area contributed by atoms with Crippen LogP contribution in [0.5, 0.6) is 0 Å². The molecule has 9 nitrogen and oxygen atoms in total. The largest absolute Gasteiger partial charge is 0.454 e. The number of tetrazole rings is 1. The summed E-state index contributed by atoms with van der Waals surface area (Å²) in [6.07, 6.45) is 1.49. The summed E-state index contributed by atoms with van der Waals surface area (Å²) in [5.41, 5.74) is 2.23. The van der Waals surface area contributed by atoms with E-state index in [0.717, 1.165) is 15.9 Å². The molecular formula is C17H15ClN6O3. The molecule has 138 valence electrons. The van der Waals surface area contributed by atoms with Crippen molar-refractivity contribution in [3.05, 3.63) is 53.3 Å². The molecule has 0 saturated carbocycles. The van der Waals surface area contributed by atoms with Crippen LogP contribution in [0, 0.1) is 6.92 Å². The Kier molecular flexibility index (Phi) is 5.72. The van der Waals surface area contributed by atoms with Gasteiger partial charge in [-0.05, 0) is 24.3 Å². The molecule has 0 unspecified atom stereocenters. The van der Waals surface area contributed by atoms with E-state index in [1.807, 2.05) is 31.2 Å². The van der Waals surface area contributed by atoms with Crippen LogP contribution in [0.2, 0.25) is 5.15 Å². The van der Waals surface area contributed by atoms with Gasteiger partial charge in [0.05, 0.1) is 5.69 Å². The van der Waals surface area contributed by atoms with E-state index in [4.69, 9.17) is 16.3 Å². The summed E-state index contributed by atoms with van der Waals surface area (Å²) >= 11 is 5.84. The molecule has 2 aromatic heterocycles. The first-order valence-electron chi connectivity index (χ1n) is 7.92. The summed E-state index contributed by atoms with van der Waals surface area (Å²) in [4.78, 5) is 28.6. The number of hydrogen-bond donors (Lipinski definition) is 1. The molecule has 0 radical (unpaired) electrons. The molecule has 1 amide bonds. The highest BCUT2D eigenvalue weighted by atomic mass is 35.5. The Morgan fingerprint density at radius 2 is 2.00 bits per heavy atom. The van der Waals surface area contributed by atoms with Crippen molar-refractivity contribution in [2.24, 2.45) is 0 Å². The van der Waals surface area contributed by atoms with Crippen LogP contribution in [-0.2, 0) is 20.9 Å². The van der Waals surface area contributed by atoms with Crippen molar-refractivity contribution in [1.82, 2.24) is 25.2 Å². The van der Waals surface area contributed by atoms with Gasteiger partial charge >= 0.3 is 5.97 Å². The van der Waals surface area contributed by atoms with E-state index in [-0.39, 0.29) is 11.7 Å². The number of anilines is 1. The minimum Gasteiger partial charge on any atom is -0.454 e. The molecule has 3 rings (SSSR count). The van der Waals surface area contributed by atoms with E-state index in [9.17, 15) is 9.59 Å².